The van der Waals surface area contributed by atoms with E-state index in [4.69, 9.17) is 14.2 Å². The van der Waals surface area contributed by atoms with Gasteiger partial charge in [-0.25, -0.2) is 4.79 Å². The first kappa shape index (κ1) is 20.6. The van der Waals surface area contributed by atoms with Gasteiger partial charge >= 0.3 is 6.03 Å². The molecule has 0 saturated carbocycles. The number of morpholine rings is 1. The number of ether oxygens (including phenoxy) is 3. The van der Waals surface area contributed by atoms with Crippen molar-refractivity contribution in [3.05, 3.63) is 42.2 Å². The first-order valence-corrected chi connectivity index (χ1v) is 10.2. The standard InChI is InChI=1S/C21H29N5O4/c1-24-13-17(12-22-24)14-25-7-4-9-29-21(15-25)16-26(8-10-30-21)20(27)23-18-5-3-6-19(11-18)28-2/h3,5-6,11-13H,4,7-10,14-16H2,1-2H3,(H,23,27). The number of benzene rings is 1. The highest BCUT2D eigenvalue weighted by atomic mass is 16.7. The molecule has 1 spiro atoms. The first-order valence-electron chi connectivity index (χ1n) is 10.2. The summed E-state index contributed by atoms with van der Waals surface area (Å²) in [7, 11) is 3.52. The van der Waals surface area contributed by atoms with Crippen molar-refractivity contribution in [1.29, 1.82) is 0 Å². The summed E-state index contributed by atoms with van der Waals surface area (Å²) >= 11 is 0. The maximum atomic E-state index is 12.9. The number of rotatable bonds is 4. The van der Waals surface area contributed by atoms with E-state index in [9.17, 15) is 4.79 Å². The Labute approximate surface area is 176 Å². The number of amides is 2. The van der Waals surface area contributed by atoms with Gasteiger partial charge in [-0.05, 0) is 18.6 Å². The molecule has 1 aromatic heterocycles. The lowest BCUT2D eigenvalue weighted by Gasteiger charge is -2.43. The van der Waals surface area contributed by atoms with Gasteiger partial charge in [0, 0.05) is 50.2 Å². The average molecular weight is 415 g/mol. The molecule has 2 amide bonds. The second-order valence-electron chi connectivity index (χ2n) is 7.78. The monoisotopic (exact) mass is 415 g/mol. The molecule has 2 aliphatic heterocycles. The predicted molar refractivity (Wildman–Crippen MR) is 111 cm³/mol. The molecule has 4 rings (SSSR count). The van der Waals surface area contributed by atoms with Crippen molar-refractivity contribution in [3.63, 3.8) is 0 Å². The number of hydrogen-bond acceptors (Lipinski definition) is 6. The molecule has 0 radical (unpaired) electrons. The van der Waals surface area contributed by atoms with E-state index in [1.807, 2.05) is 37.6 Å². The third-order valence-corrected chi connectivity index (χ3v) is 5.38. The summed E-state index contributed by atoms with van der Waals surface area (Å²) in [4.78, 5) is 17.0. The Kier molecular flexibility index (Phi) is 6.21. The zero-order valence-corrected chi connectivity index (χ0v) is 17.5. The van der Waals surface area contributed by atoms with E-state index in [-0.39, 0.29) is 6.03 Å². The quantitative estimate of drug-likeness (QED) is 0.822. The number of methoxy groups -OCH3 is 1. The van der Waals surface area contributed by atoms with E-state index < -0.39 is 5.79 Å². The topological polar surface area (TPSA) is 81.1 Å². The molecule has 1 unspecified atom stereocenters. The molecule has 0 aliphatic carbocycles. The van der Waals surface area contributed by atoms with Crippen LogP contribution in [0.25, 0.3) is 0 Å². The number of nitrogens with one attached hydrogen (secondary N) is 1. The van der Waals surface area contributed by atoms with Gasteiger partial charge in [0.15, 0.2) is 5.79 Å². The number of anilines is 1. The Hall–Kier alpha value is -2.62. The molecule has 9 nitrogen and oxygen atoms in total. The number of hydrogen-bond donors (Lipinski definition) is 1. The largest absolute Gasteiger partial charge is 0.497 e. The van der Waals surface area contributed by atoms with Crippen molar-refractivity contribution in [3.8, 4) is 5.75 Å². The van der Waals surface area contributed by atoms with Gasteiger partial charge in [0.1, 0.15) is 5.75 Å². The summed E-state index contributed by atoms with van der Waals surface area (Å²) in [5, 5.41) is 7.20. The SMILES string of the molecule is COc1cccc(NC(=O)N2CCOC3(CN(Cc4cnn(C)c4)CCCO3)C2)c1. The van der Waals surface area contributed by atoms with Crippen molar-refractivity contribution in [2.45, 2.75) is 18.8 Å². The van der Waals surface area contributed by atoms with Crippen LogP contribution in [-0.2, 0) is 23.1 Å². The van der Waals surface area contributed by atoms with Gasteiger partial charge in [0.25, 0.3) is 0 Å². The van der Waals surface area contributed by atoms with Gasteiger partial charge < -0.3 is 24.4 Å². The third kappa shape index (κ3) is 4.92. The second kappa shape index (κ2) is 9.03. The lowest BCUT2D eigenvalue weighted by molar-refractivity contribution is -0.260. The molecule has 3 heterocycles. The third-order valence-electron chi connectivity index (χ3n) is 5.38. The molecule has 1 N–H and O–H groups in total. The zero-order valence-electron chi connectivity index (χ0n) is 17.5. The summed E-state index contributed by atoms with van der Waals surface area (Å²) in [5.41, 5.74) is 1.85. The van der Waals surface area contributed by atoms with E-state index in [1.54, 1.807) is 22.8 Å². The van der Waals surface area contributed by atoms with Crippen LogP contribution in [0.3, 0.4) is 0 Å². The maximum absolute atomic E-state index is 12.9. The van der Waals surface area contributed by atoms with Gasteiger partial charge in [-0.2, -0.15) is 5.10 Å². The lowest BCUT2D eigenvalue weighted by atomic mass is 10.2. The summed E-state index contributed by atoms with van der Waals surface area (Å²) in [6, 6.07) is 7.16. The van der Waals surface area contributed by atoms with Crippen LogP contribution in [0.1, 0.15) is 12.0 Å². The number of carbonyl (C=O) groups excluding carboxylic acids is 1. The second-order valence-corrected chi connectivity index (χ2v) is 7.78. The molecule has 30 heavy (non-hydrogen) atoms. The minimum Gasteiger partial charge on any atom is -0.497 e. The van der Waals surface area contributed by atoms with Gasteiger partial charge in [0.2, 0.25) is 0 Å². The normalized spacial score (nSPS) is 22.7. The van der Waals surface area contributed by atoms with Crippen LogP contribution in [0.5, 0.6) is 5.75 Å². The first-order chi connectivity index (χ1) is 14.5. The van der Waals surface area contributed by atoms with E-state index in [2.05, 4.69) is 15.3 Å². The average Bonchev–Trinajstić information content (AvgIpc) is 3.06. The summed E-state index contributed by atoms with van der Waals surface area (Å²) in [5.74, 6) is -0.118. The fourth-order valence-corrected chi connectivity index (χ4v) is 3.98. The number of urea groups is 1. The smallest absolute Gasteiger partial charge is 0.322 e. The molecule has 1 aromatic carbocycles. The molecule has 2 aliphatic rings. The Morgan fingerprint density at radius 2 is 2.13 bits per heavy atom. The lowest BCUT2D eigenvalue weighted by Crippen LogP contribution is -2.59. The Balaban J connectivity index is 1.42. The van der Waals surface area contributed by atoms with Crippen LogP contribution in [0.4, 0.5) is 10.5 Å². The van der Waals surface area contributed by atoms with Crippen LogP contribution in [-0.4, -0.2) is 77.9 Å². The number of aryl methyl sites for hydroxylation is 1. The molecule has 9 heteroatoms. The fourth-order valence-electron chi connectivity index (χ4n) is 3.98. The fraction of sp³-hybridized carbons (Fsp3) is 0.524. The molecule has 1 atom stereocenters. The van der Waals surface area contributed by atoms with Crippen LogP contribution >= 0.6 is 0 Å². The molecular weight excluding hydrogens is 386 g/mol. The summed E-state index contributed by atoms with van der Waals surface area (Å²) < 4.78 is 19.3. The molecule has 0 bridgehead atoms. The highest BCUT2D eigenvalue weighted by Gasteiger charge is 2.42. The van der Waals surface area contributed by atoms with E-state index in [0.29, 0.717) is 44.3 Å². The number of aromatic nitrogens is 2. The molecule has 2 fully saturated rings. The molecule has 2 aromatic rings. The van der Waals surface area contributed by atoms with Gasteiger partial charge in [-0.1, -0.05) is 6.07 Å². The molecule has 162 valence electrons. The van der Waals surface area contributed by atoms with Crippen LogP contribution in [0, 0.1) is 0 Å². The maximum Gasteiger partial charge on any atom is 0.322 e. The number of carbonyl (C=O) groups is 1. The minimum absolute atomic E-state index is 0.169. The van der Waals surface area contributed by atoms with Crippen LogP contribution < -0.4 is 10.1 Å². The van der Waals surface area contributed by atoms with Crippen molar-refractivity contribution in [2.75, 3.05) is 51.8 Å². The van der Waals surface area contributed by atoms with Gasteiger partial charge in [-0.3, -0.25) is 9.58 Å². The van der Waals surface area contributed by atoms with Crippen molar-refractivity contribution in [1.82, 2.24) is 19.6 Å². The van der Waals surface area contributed by atoms with Gasteiger partial charge in [-0.15, -0.1) is 0 Å². The van der Waals surface area contributed by atoms with E-state index in [1.165, 1.54) is 0 Å². The number of nitrogens with zero attached hydrogens (tertiary/aromatic N) is 4. The highest BCUT2D eigenvalue weighted by Crippen LogP contribution is 2.26. The Bertz CT molecular complexity index is 873. The predicted octanol–water partition coefficient (Wildman–Crippen LogP) is 1.91. The van der Waals surface area contributed by atoms with Crippen LogP contribution in [0.15, 0.2) is 36.7 Å². The Morgan fingerprint density at radius 1 is 1.27 bits per heavy atom. The summed E-state index contributed by atoms with van der Waals surface area (Å²) in [6.07, 6.45) is 4.82. The highest BCUT2D eigenvalue weighted by molar-refractivity contribution is 5.89. The van der Waals surface area contributed by atoms with Crippen molar-refractivity contribution < 1.29 is 19.0 Å². The zero-order chi connectivity index (χ0) is 21.0. The Morgan fingerprint density at radius 3 is 2.93 bits per heavy atom. The van der Waals surface area contributed by atoms with E-state index >= 15 is 0 Å². The van der Waals surface area contributed by atoms with Crippen molar-refractivity contribution in [2.24, 2.45) is 7.05 Å². The van der Waals surface area contributed by atoms with E-state index in [0.717, 1.165) is 25.1 Å². The molecule has 2 saturated heterocycles. The van der Waals surface area contributed by atoms with Crippen molar-refractivity contribution >= 4 is 11.7 Å². The summed E-state index contributed by atoms with van der Waals surface area (Å²) in [6.45, 7) is 4.23. The minimum atomic E-state index is -0.817. The molecular formula is C21H29N5O4. The van der Waals surface area contributed by atoms with Gasteiger partial charge in [0.05, 0.1) is 39.6 Å². The van der Waals surface area contributed by atoms with Crippen LogP contribution in [0.2, 0.25) is 0 Å².